The highest BCUT2D eigenvalue weighted by Gasteiger charge is 2.06. The average Bonchev–Trinajstić information content (AvgIpc) is 2.41. The van der Waals surface area contributed by atoms with E-state index in [-0.39, 0.29) is 5.56 Å². The van der Waals surface area contributed by atoms with Crippen molar-refractivity contribution < 1.29 is 0 Å². The Labute approximate surface area is 112 Å². The van der Waals surface area contributed by atoms with Crippen molar-refractivity contribution in [1.29, 1.82) is 0 Å². The standard InChI is InChI=1S/C15H17NOS/c1-4-11-5-7-13(18-3)9-14(11)12-6-8-15(17)16(2)10-12/h5-10H,4H2,1-3H3. The Morgan fingerprint density at radius 1 is 1.22 bits per heavy atom. The van der Waals surface area contributed by atoms with Gasteiger partial charge in [-0.2, -0.15) is 0 Å². The van der Waals surface area contributed by atoms with E-state index in [2.05, 4.69) is 31.4 Å². The monoisotopic (exact) mass is 259 g/mol. The number of thioether (sulfide) groups is 1. The minimum absolute atomic E-state index is 0.0258. The van der Waals surface area contributed by atoms with Gasteiger partial charge in [0.2, 0.25) is 5.56 Å². The molecule has 0 atom stereocenters. The molecule has 94 valence electrons. The summed E-state index contributed by atoms with van der Waals surface area (Å²) in [5.41, 5.74) is 3.66. The predicted molar refractivity (Wildman–Crippen MR) is 78.3 cm³/mol. The highest BCUT2D eigenvalue weighted by molar-refractivity contribution is 7.98. The van der Waals surface area contributed by atoms with Gasteiger partial charge in [0.05, 0.1) is 0 Å². The third-order valence-electron chi connectivity index (χ3n) is 3.09. The lowest BCUT2D eigenvalue weighted by atomic mass is 9.99. The molecule has 0 fully saturated rings. The van der Waals surface area contributed by atoms with Crippen LogP contribution in [0.2, 0.25) is 0 Å². The fourth-order valence-corrected chi connectivity index (χ4v) is 2.45. The highest BCUT2D eigenvalue weighted by atomic mass is 32.2. The lowest BCUT2D eigenvalue weighted by Gasteiger charge is -2.11. The van der Waals surface area contributed by atoms with Crippen molar-refractivity contribution in [2.45, 2.75) is 18.2 Å². The topological polar surface area (TPSA) is 22.0 Å². The second kappa shape index (κ2) is 5.44. The van der Waals surface area contributed by atoms with Crippen molar-refractivity contribution in [2.24, 2.45) is 7.05 Å². The van der Waals surface area contributed by atoms with Crippen LogP contribution in [0.25, 0.3) is 11.1 Å². The summed E-state index contributed by atoms with van der Waals surface area (Å²) in [6, 6.07) is 10.0. The van der Waals surface area contributed by atoms with Crippen LogP contribution in [0.1, 0.15) is 12.5 Å². The highest BCUT2D eigenvalue weighted by Crippen LogP contribution is 2.28. The van der Waals surface area contributed by atoms with E-state index >= 15 is 0 Å². The molecule has 0 bridgehead atoms. The van der Waals surface area contributed by atoms with Gasteiger partial charge >= 0.3 is 0 Å². The number of nitrogens with zero attached hydrogens (tertiary/aromatic N) is 1. The van der Waals surface area contributed by atoms with Crippen LogP contribution in [0.4, 0.5) is 0 Å². The first-order valence-corrected chi connectivity index (χ1v) is 7.22. The third-order valence-corrected chi connectivity index (χ3v) is 3.82. The van der Waals surface area contributed by atoms with Crippen LogP contribution < -0.4 is 5.56 Å². The molecule has 0 radical (unpaired) electrons. The van der Waals surface area contributed by atoms with Crippen LogP contribution in [0.5, 0.6) is 0 Å². The zero-order valence-corrected chi connectivity index (χ0v) is 11.8. The van der Waals surface area contributed by atoms with E-state index in [1.807, 2.05) is 12.3 Å². The second-order valence-electron chi connectivity index (χ2n) is 4.24. The molecule has 2 rings (SSSR count). The minimum atomic E-state index is 0.0258. The molecule has 0 saturated carbocycles. The van der Waals surface area contributed by atoms with Crippen LogP contribution in [0.3, 0.4) is 0 Å². The van der Waals surface area contributed by atoms with E-state index in [0.29, 0.717) is 0 Å². The van der Waals surface area contributed by atoms with Crippen molar-refractivity contribution in [2.75, 3.05) is 6.26 Å². The van der Waals surface area contributed by atoms with Gasteiger partial charge in [0.15, 0.2) is 0 Å². The first-order chi connectivity index (χ1) is 8.65. The Morgan fingerprint density at radius 3 is 2.61 bits per heavy atom. The number of rotatable bonds is 3. The molecule has 1 aromatic carbocycles. The molecule has 0 N–H and O–H groups in total. The zero-order chi connectivity index (χ0) is 13.1. The third kappa shape index (κ3) is 2.51. The van der Waals surface area contributed by atoms with Crippen molar-refractivity contribution in [3.8, 4) is 11.1 Å². The number of hydrogen-bond donors (Lipinski definition) is 0. The molecule has 0 unspecified atom stereocenters. The Balaban J connectivity index is 2.60. The van der Waals surface area contributed by atoms with Gasteiger partial charge in [0.1, 0.15) is 0 Å². The molecule has 0 aliphatic heterocycles. The fraction of sp³-hybridized carbons (Fsp3) is 0.267. The van der Waals surface area contributed by atoms with Crippen molar-refractivity contribution in [3.63, 3.8) is 0 Å². The van der Waals surface area contributed by atoms with Gasteiger partial charge in [-0.15, -0.1) is 11.8 Å². The lowest BCUT2D eigenvalue weighted by Crippen LogP contribution is -2.14. The maximum atomic E-state index is 11.4. The van der Waals surface area contributed by atoms with Gasteiger partial charge in [-0.1, -0.05) is 13.0 Å². The first-order valence-electron chi connectivity index (χ1n) is 5.99. The number of pyridine rings is 1. The predicted octanol–water partition coefficient (Wildman–Crippen LogP) is 3.34. The summed E-state index contributed by atoms with van der Waals surface area (Å²) >= 11 is 1.74. The fourth-order valence-electron chi connectivity index (χ4n) is 2.01. The SMILES string of the molecule is CCc1ccc(SC)cc1-c1ccc(=O)n(C)c1. The van der Waals surface area contributed by atoms with E-state index in [0.717, 1.165) is 12.0 Å². The summed E-state index contributed by atoms with van der Waals surface area (Å²) in [6.45, 7) is 2.15. The van der Waals surface area contributed by atoms with Crippen LogP contribution >= 0.6 is 11.8 Å². The van der Waals surface area contributed by atoms with Gasteiger partial charge in [-0.25, -0.2) is 0 Å². The quantitative estimate of drug-likeness (QED) is 0.789. The molecule has 2 aromatic rings. The van der Waals surface area contributed by atoms with Gasteiger partial charge in [0.25, 0.3) is 0 Å². The normalized spacial score (nSPS) is 10.6. The molecular formula is C15H17NOS. The maximum Gasteiger partial charge on any atom is 0.250 e. The van der Waals surface area contributed by atoms with Gasteiger partial charge in [-0.05, 0) is 47.6 Å². The molecule has 0 amide bonds. The van der Waals surface area contributed by atoms with Gasteiger partial charge in [-0.3, -0.25) is 4.79 Å². The van der Waals surface area contributed by atoms with E-state index in [4.69, 9.17) is 0 Å². The molecule has 18 heavy (non-hydrogen) atoms. The summed E-state index contributed by atoms with van der Waals surface area (Å²) in [5, 5.41) is 0. The van der Waals surface area contributed by atoms with Crippen LogP contribution in [0.15, 0.2) is 46.2 Å². The second-order valence-corrected chi connectivity index (χ2v) is 5.12. The van der Waals surface area contributed by atoms with E-state index < -0.39 is 0 Å². The number of hydrogen-bond acceptors (Lipinski definition) is 2. The molecular weight excluding hydrogens is 242 g/mol. The molecule has 0 aliphatic rings. The smallest absolute Gasteiger partial charge is 0.250 e. The van der Waals surface area contributed by atoms with Gasteiger partial charge in [0, 0.05) is 24.2 Å². The molecule has 0 spiro atoms. The van der Waals surface area contributed by atoms with Crippen LogP contribution in [-0.4, -0.2) is 10.8 Å². The number of aryl methyl sites for hydroxylation is 2. The summed E-state index contributed by atoms with van der Waals surface area (Å²) in [5.74, 6) is 0. The van der Waals surface area contributed by atoms with Crippen LogP contribution in [-0.2, 0) is 13.5 Å². The molecule has 0 aliphatic carbocycles. The van der Waals surface area contributed by atoms with Crippen molar-refractivity contribution in [3.05, 3.63) is 52.4 Å². The Bertz CT molecular complexity index is 616. The van der Waals surface area contributed by atoms with Crippen molar-refractivity contribution in [1.82, 2.24) is 4.57 Å². The first kappa shape index (κ1) is 13.0. The molecule has 2 nitrogen and oxygen atoms in total. The van der Waals surface area contributed by atoms with E-state index in [1.165, 1.54) is 16.0 Å². The maximum absolute atomic E-state index is 11.4. The Kier molecular flexibility index (Phi) is 3.92. The molecule has 0 saturated heterocycles. The summed E-state index contributed by atoms with van der Waals surface area (Å²) < 4.78 is 1.63. The molecule has 3 heteroatoms. The zero-order valence-electron chi connectivity index (χ0n) is 10.9. The minimum Gasteiger partial charge on any atom is -0.318 e. The van der Waals surface area contributed by atoms with E-state index in [1.54, 1.807) is 29.4 Å². The number of aromatic nitrogens is 1. The van der Waals surface area contributed by atoms with Crippen LogP contribution in [0, 0.1) is 0 Å². The molecule has 1 heterocycles. The summed E-state index contributed by atoms with van der Waals surface area (Å²) in [6.07, 6.45) is 4.97. The summed E-state index contributed by atoms with van der Waals surface area (Å²) in [7, 11) is 1.79. The van der Waals surface area contributed by atoms with Gasteiger partial charge < -0.3 is 4.57 Å². The Hall–Kier alpha value is -1.48. The number of benzene rings is 1. The molecule has 1 aromatic heterocycles. The Morgan fingerprint density at radius 2 is 2.00 bits per heavy atom. The lowest BCUT2D eigenvalue weighted by molar-refractivity contribution is 0.862. The average molecular weight is 259 g/mol. The van der Waals surface area contributed by atoms with E-state index in [9.17, 15) is 4.79 Å². The van der Waals surface area contributed by atoms with Crippen molar-refractivity contribution >= 4 is 11.8 Å². The summed E-state index contributed by atoms with van der Waals surface area (Å²) in [4.78, 5) is 12.7. The largest absolute Gasteiger partial charge is 0.318 e.